The van der Waals surface area contributed by atoms with E-state index in [0.717, 1.165) is 35.9 Å². The molecule has 2 aromatic rings. The highest BCUT2D eigenvalue weighted by molar-refractivity contribution is 5.91. The first-order chi connectivity index (χ1) is 13.1. The summed E-state index contributed by atoms with van der Waals surface area (Å²) >= 11 is 0. The van der Waals surface area contributed by atoms with Crippen LogP contribution in [0.15, 0.2) is 34.7 Å². The number of carbonyl (C=O) groups excluding carboxylic acids is 1. The molecule has 1 atom stereocenters. The minimum atomic E-state index is -0.121. The summed E-state index contributed by atoms with van der Waals surface area (Å²) in [5, 5.41) is 0. The van der Waals surface area contributed by atoms with Gasteiger partial charge in [-0.05, 0) is 62.7 Å². The van der Waals surface area contributed by atoms with Crippen LogP contribution in [0.5, 0.6) is 11.5 Å². The number of carbonyl (C=O) groups is 1. The summed E-state index contributed by atoms with van der Waals surface area (Å²) < 4.78 is 16.6. The van der Waals surface area contributed by atoms with Gasteiger partial charge in [0, 0.05) is 13.6 Å². The Labute approximate surface area is 159 Å². The van der Waals surface area contributed by atoms with Crippen LogP contribution in [0.3, 0.4) is 0 Å². The summed E-state index contributed by atoms with van der Waals surface area (Å²) in [6, 6.07) is 9.66. The fraction of sp³-hybridized carbons (Fsp3) is 0.476. The number of hydrogen-bond donors (Lipinski definition) is 0. The SMILES string of the molecule is C[C@H](c1ccc(C(=O)N(C)Cc2ccc3c(c2)OCO3)o1)N1CCCCC1. The van der Waals surface area contributed by atoms with Crippen LogP contribution < -0.4 is 9.47 Å². The van der Waals surface area contributed by atoms with Crippen LogP contribution in [0, 0.1) is 0 Å². The third kappa shape index (κ3) is 3.81. The molecule has 0 aliphatic carbocycles. The van der Waals surface area contributed by atoms with E-state index in [2.05, 4.69) is 11.8 Å². The second kappa shape index (κ2) is 7.64. The molecule has 0 radical (unpaired) electrons. The standard InChI is InChI=1S/C21H26N2O4/c1-15(23-10-4-3-5-11-23)17-8-9-19(27-17)21(24)22(2)13-16-6-7-18-20(12-16)26-14-25-18/h6-9,12,15H,3-5,10-11,13-14H2,1-2H3/t15-/m1/s1. The quantitative estimate of drug-likeness (QED) is 0.801. The first kappa shape index (κ1) is 17.9. The van der Waals surface area contributed by atoms with Crippen LogP contribution in [0.2, 0.25) is 0 Å². The molecular formula is C21H26N2O4. The van der Waals surface area contributed by atoms with Gasteiger partial charge in [0.1, 0.15) is 5.76 Å². The summed E-state index contributed by atoms with van der Waals surface area (Å²) in [4.78, 5) is 16.8. The largest absolute Gasteiger partial charge is 0.454 e. The van der Waals surface area contributed by atoms with Gasteiger partial charge in [0.15, 0.2) is 17.3 Å². The average molecular weight is 370 g/mol. The predicted octanol–water partition coefficient (Wildman–Crippen LogP) is 3.83. The summed E-state index contributed by atoms with van der Waals surface area (Å²) in [5.41, 5.74) is 0.989. The van der Waals surface area contributed by atoms with Crippen molar-refractivity contribution in [2.24, 2.45) is 0 Å². The summed E-state index contributed by atoms with van der Waals surface area (Å²) in [6.07, 6.45) is 3.76. The van der Waals surface area contributed by atoms with Crippen molar-refractivity contribution in [2.45, 2.75) is 38.8 Å². The molecule has 1 aromatic heterocycles. The number of amides is 1. The molecule has 0 bridgehead atoms. The Morgan fingerprint density at radius 3 is 2.70 bits per heavy atom. The lowest BCUT2D eigenvalue weighted by atomic mass is 10.1. The maximum absolute atomic E-state index is 12.8. The van der Waals surface area contributed by atoms with Gasteiger partial charge < -0.3 is 18.8 Å². The van der Waals surface area contributed by atoms with Gasteiger partial charge in [0.2, 0.25) is 6.79 Å². The van der Waals surface area contributed by atoms with Gasteiger partial charge in [0.25, 0.3) is 5.91 Å². The summed E-state index contributed by atoms with van der Waals surface area (Å²) in [6.45, 7) is 5.06. The van der Waals surface area contributed by atoms with Gasteiger partial charge >= 0.3 is 0 Å². The minimum absolute atomic E-state index is 0.121. The molecule has 0 unspecified atom stereocenters. The number of fused-ring (bicyclic) bond motifs is 1. The monoisotopic (exact) mass is 370 g/mol. The highest BCUT2D eigenvalue weighted by atomic mass is 16.7. The van der Waals surface area contributed by atoms with Gasteiger partial charge in [-0.2, -0.15) is 0 Å². The van der Waals surface area contributed by atoms with Gasteiger partial charge in [-0.25, -0.2) is 0 Å². The zero-order valence-electron chi connectivity index (χ0n) is 15.9. The molecule has 2 aliphatic rings. The molecule has 1 aromatic carbocycles. The van der Waals surface area contributed by atoms with Crippen LogP contribution in [-0.4, -0.2) is 42.6 Å². The number of furan rings is 1. The van der Waals surface area contributed by atoms with Gasteiger partial charge in [-0.15, -0.1) is 0 Å². The zero-order chi connectivity index (χ0) is 18.8. The Morgan fingerprint density at radius 2 is 1.89 bits per heavy atom. The topological polar surface area (TPSA) is 55.2 Å². The van der Waals surface area contributed by atoms with E-state index in [9.17, 15) is 4.79 Å². The molecule has 1 amide bonds. The fourth-order valence-electron chi connectivity index (χ4n) is 3.75. The van der Waals surface area contributed by atoms with Crippen LogP contribution >= 0.6 is 0 Å². The molecule has 6 heteroatoms. The predicted molar refractivity (Wildman–Crippen MR) is 101 cm³/mol. The molecule has 0 N–H and O–H groups in total. The molecule has 1 fully saturated rings. The third-order valence-corrected chi connectivity index (χ3v) is 5.39. The summed E-state index contributed by atoms with van der Waals surface area (Å²) in [7, 11) is 1.78. The third-order valence-electron chi connectivity index (χ3n) is 5.39. The van der Waals surface area contributed by atoms with Crippen molar-refractivity contribution < 1.29 is 18.7 Å². The van der Waals surface area contributed by atoms with Crippen molar-refractivity contribution in [3.8, 4) is 11.5 Å². The Morgan fingerprint density at radius 1 is 1.11 bits per heavy atom. The van der Waals surface area contributed by atoms with E-state index in [-0.39, 0.29) is 18.7 Å². The van der Waals surface area contributed by atoms with E-state index < -0.39 is 0 Å². The minimum Gasteiger partial charge on any atom is -0.454 e. The molecule has 0 spiro atoms. The number of hydrogen-bond acceptors (Lipinski definition) is 5. The smallest absolute Gasteiger partial charge is 0.289 e. The summed E-state index contributed by atoms with van der Waals surface area (Å²) in [5.74, 6) is 2.60. The van der Waals surface area contributed by atoms with E-state index in [0.29, 0.717) is 12.3 Å². The Bertz CT molecular complexity index is 810. The number of nitrogens with zero attached hydrogens (tertiary/aromatic N) is 2. The Kier molecular flexibility index (Phi) is 5.07. The molecule has 3 heterocycles. The van der Waals surface area contributed by atoms with Crippen molar-refractivity contribution in [1.82, 2.24) is 9.80 Å². The number of ether oxygens (including phenoxy) is 2. The van der Waals surface area contributed by atoms with E-state index >= 15 is 0 Å². The molecule has 1 saturated heterocycles. The van der Waals surface area contributed by atoms with Crippen LogP contribution in [0.1, 0.15) is 54.1 Å². The van der Waals surface area contributed by atoms with E-state index in [4.69, 9.17) is 13.9 Å². The molecule has 2 aliphatic heterocycles. The van der Waals surface area contributed by atoms with Crippen molar-refractivity contribution in [1.29, 1.82) is 0 Å². The van der Waals surface area contributed by atoms with Crippen molar-refractivity contribution in [3.05, 3.63) is 47.4 Å². The highest BCUT2D eigenvalue weighted by Crippen LogP contribution is 2.33. The lowest BCUT2D eigenvalue weighted by Gasteiger charge is -2.31. The molecule has 0 saturated carbocycles. The average Bonchev–Trinajstić information content (AvgIpc) is 3.36. The molecule has 144 valence electrons. The highest BCUT2D eigenvalue weighted by Gasteiger charge is 2.23. The van der Waals surface area contributed by atoms with E-state index in [1.165, 1.54) is 19.3 Å². The molecular weight excluding hydrogens is 344 g/mol. The fourth-order valence-corrected chi connectivity index (χ4v) is 3.75. The Balaban J connectivity index is 1.41. The lowest BCUT2D eigenvalue weighted by molar-refractivity contribution is 0.0745. The zero-order valence-corrected chi connectivity index (χ0v) is 15.9. The number of rotatable bonds is 5. The normalized spacial score (nSPS) is 17.7. The first-order valence-electron chi connectivity index (χ1n) is 9.59. The maximum atomic E-state index is 12.8. The van der Waals surface area contributed by atoms with Crippen LogP contribution in [-0.2, 0) is 6.54 Å². The van der Waals surface area contributed by atoms with Crippen molar-refractivity contribution in [3.63, 3.8) is 0 Å². The molecule has 27 heavy (non-hydrogen) atoms. The number of likely N-dealkylation sites (tertiary alicyclic amines) is 1. The second-order valence-corrected chi connectivity index (χ2v) is 7.32. The van der Waals surface area contributed by atoms with Gasteiger partial charge in [-0.1, -0.05) is 12.5 Å². The maximum Gasteiger partial charge on any atom is 0.289 e. The van der Waals surface area contributed by atoms with E-state index in [1.807, 2.05) is 24.3 Å². The van der Waals surface area contributed by atoms with Crippen LogP contribution in [0.4, 0.5) is 0 Å². The Hall–Kier alpha value is -2.47. The second-order valence-electron chi connectivity index (χ2n) is 7.32. The first-order valence-corrected chi connectivity index (χ1v) is 9.59. The van der Waals surface area contributed by atoms with Gasteiger partial charge in [-0.3, -0.25) is 9.69 Å². The van der Waals surface area contributed by atoms with Crippen molar-refractivity contribution in [2.75, 3.05) is 26.9 Å². The molecule has 6 nitrogen and oxygen atoms in total. The van der Waals surface area contributed by atoms with E-state index in [1.54, 1.807) is 18.0 Å². The number of piperidine rings is 1. The van der Waals surface area contributed by atoms with Gasteiger partial charge in [0.05, 0.1) is 6.04 Å². The number of benzene rings is 1. The lowest BCUT2D eigenvalue weighted by Crippen LogP contribution is -2.32. The van der Waals surface area contributed by atoms with Crippen LogP contribution in [0.25, 0.3) is 0 Å². The van der Waals surface area contributed by atoms with Crippen molar-refractivity contribution >= 4 is 5.91 Å². The molecule has 4 rings (SSSR count).